The van der Waals surface area contributed by atoms with Crippen LogP contribution in [0.5, 0.6) is 5.75 Å². The predicted octanol–water partition coefficient (Wildman–Crippen LogP) is 4.49. The number of ether oxygens (including phenoxy) is 1. The molecule has 0 aliphatic carbocycles. The molecule has 0 radical (unpaired) electrons. The number of hydrogen-bond acceptors (Lipinski definition) is 5. The maximum absolute atomic E-state index is 12.9. The molecule has 0 bridgehead atoms. The number of rotatable bonds is 3. The van der Waals surface area contributed by atoms with Gasteiger partial charge < -0.3 is 15.0 Å². The Bertz CT molecular complexity index is 1320. The van der Waals surface area contributed by atoms with E-state index in [9.17, 15) is 9.59 Å². The highest BCUT2D eigenvalue weighted by Gasteiger charge is 2.19. The van der Waals surface area contributed by atoms with Crippen molar-refractivity contribution in [3.05, 3.63) is 66.7 Å². The van der Waals surface area contributed by atoms with Gasteiger partial charge in [0.1, 0.15) is 16.3 Å². The van der Waals surface area contributed by atoms with Crippen molar-refractivity contribution in [3.63, 3.8) is 0 Å². The number of methoxy groups -OCH3 is 1. The minimum atomic E-state index is -0.387. The van der Waals surface area contributed by atoms with Gasteiger partial charge in [0.25, 0.3) is 11.5 Å². The lowest BCUT2D eigenvalue weighted by Crippen LogP contribution is -2.15. The van der Waals surface area contributed by atoms with Crippen LogP contribution in [0.4, 0.5) is 5.69 Å². The van der Waals surface area contributed by atoms with E-state index in [0.717, 1.165) is 11.3 Å². The highest BCUT2D eigenvalue weighted by molar-refractivity contribution is 7.73. The Balaban J connectivity index is 1.89. The van der Waals surface area contributed by atoms with Crippen molar-refractivity contribution in [2.75, 3.05) is 12.4 Å². The van der Waals surface area contributed by atoms with E-state index in [1.54, 1.807) is 46.9 Å². The highest BCUT2D eigenvalue weighted by Crippen LogP contribution is 2.27. The number of nitrogens with zero attached hydrogens (tertiary/aromatic N) is 1. The van der Waals surface area contributed by atoms with Crippen LogP contribution < -0.4 is 15.6 Å². The van der Waals surface area contributed by atoms with E-state index >= 15 is 0 Å². The van der Waals surface area contributed by atoms with Gasteiger partial charge in [-0.1, -0.05) is 35.1 Å². The first kappa shape index (κ1) is 17.7. The molecule has 1 amide bonds. The van der Waals surface area contributed by atoms with Crippen LogP contribution in [0, 0.1) is 3.95 Å². The Morgan fingerprint density at radius 2 is 2.07 bits per heavy atom. The molecule has 0 aliphatic rings. The third-order valence-corrected chi connectivity index (χ3v) is 5.66. The molecule has 6 nitrogen and oxygen atoms in total. The molecule has 27 heavy (non-hydrogen) atoms. The number of halogens is 1. The molecule has 0 saturated heterocycles. The Hall–Kier alpha value is -2.68. The van der Waals surface area contributed by atoms with Gasteiger partial charge >= 0.3 is 0 Å². The monoisotopic (exact) mass is 417 g/mol. The fourth-order valence-corrected chi connectivity index (χ4v) is 4.30. The first-order valence-electron chi connectivity index (χ1n) is 7.81. The molecule has 2 N–H and O–H groups in total. The van der Waals surface area contributed by atoms with E-state index in [2.05, 4.69) is 10.3 Å². The van der Waals surface area contributed by atoms with E-state index in [0.29, 0.717) is 41.8 Å². The van der Waals surface area contributed by atoms with Crippen LogP contribution in [-0.2, 0) is 0 Å². The second kappa shape index (κ2) is 6.80. The van der Waals surface area contributed by atoms with Crippen molar-refractivity contribution in [1.82, 2.24) is 9.38 Å². The molecule has 4 rings (SSSR count). The quantitative estimate of drug-likeness (QED) is 0.482. The maximum Gasteiger partial charge on any atom is 0.269 e. The van der Waals surface area contributed by atoms with Crippen LogP contribution >= 0.6 is 35.2 Å². The molecular formula is C18H12ClN3O3S2. The van der Waals surface area contributed by atoms with Gasteiger partial charge in [-0.15, -0.1) is 0 Å². The lowest BCUT2D eigenvalue weighted by Gasteiger charge is -2.09. The van der Waals surface area contributed by atoms with Gasteiger partial charge in [-0.2, -0.15) is 0 Å². The number of H-pyrrole nitrogens is 1. The summed E-state index contributed by atoms with van der Waals surface area (Å²) in [4.78, 5) is 28.4. The minimum absolute atomic E-state index is 0.305. The number of carbonyl (C=O) groups excluding carboxylic acids is 1. The third kappa shape index (κ3) is 3.01. The number of anilines is 1. The summed E-state index contributed by atoms with van der Waals surface area (Å²) in [5, 5.41) is 3.65. The molecule has 4 aromatic rings. The van der Waals surface area contributed by atoms with Gasteiger partial charge in [0.05, 0.1) is 23.7 Å². The SMILES string of the molecule is COc1ccccc1NC(=O)c1sc(=S)n2c1[nH]c(=O)c1cc(Cl)ccc12. The van der Waals surface area contributed by atoms with Crippen LogP contribution in [0.1, 0.15) is 9.67 Å². The molecule has 0 spiro atoms. The molecular weight excluding hydrogens is 406 g/mol. The summed E-state index contributed by atoms with van der Waals surface area (Å²) in [5.41, 5.74) is 1.12. The van der Waals surface area contributed by atoms with Crippen molar-refractivity contribution >= 4 is 63.3 Å². The number of thiazole rings is 1. The Morgan fingerprint density at radius 1 is 1.30 bits per heavy atom. The van der Waals surface area contributed by atoms with Crippen LogP contribution in [0.25, 0.3) is 16.6 Å². The second-order valence-corrected chi connectivity index (χ2v) is 7.73. The lowest BCUT2D eigenvalue weighted by atomic mass is 10.2. The summed E-state index contributed by atoms with van der Waals surface area (Å²) in [5.74, 6) is 0.147. The van der Waals surface area contributed by atoms with Gasteiger partial charge in [-0.3, -0.25) is 14.0 Å². The molecule has 9 heteroatoms. The zero-order valence-corrected chi connectivity index (χ0v) is 16.3. The summed E-state index contributed by atoms with van der Waals surface area (Å²) in [6.45, 7) is 0. The molecule has 0 unspecified atom stereocenters. The van der Waals surface area contributed by atoms with E-state index in [4.69, 9.17) is 28.6 Å². The number of amides is 1. The number of nitrogens with one attached hydrogen (secondary N) is 2. The molecule has 136 valence electrons. The van der Waals surface area contributed by atoms with Crippen molar-refractivity contribution in [2.24, 2.45) is 0 Å². The highest BCUT2D eigenvalue weighted by atomic mass is 35.5. The normalized spacial score (nSPS) is 11.0. The van der Waals surface area contributed by atoms with E-state index in [1.165, 1.54) is 7.11 Å². The first-order valence-corrected chi connectivity index (χ1v) is 9.41. The van der Waals surface area contributed by atoms with Crippen LogP contribution in [0.15, 0.2) is 47.3 Å². The molecule has 0 saturated carbocycles. The van der Waals surface area contributed by atoms with Gasteiger partial charge in [-0.05, 0) is 42.5 Å². The summed E-state index contributed by atoms with van der Waals surface area (Å²) >= 11 is 12.5. The number of aromatic nitrogens is 2. The van der Waals surface area contributed by atoms with Crippen molar-refractivity contribution in [2.45, 2.75) is 0 Å². The van der Waals surface area contributed by atoms with Crippen LogP contribution in [0.3, 0.4) is 0 Å². The average Bonchev–Trinajstić information content (AvgIpc) is 2.99. The Morgan fingerprint density at radius 3 is 2.85 bits per heavy atom. The number of aromatic amines is 1. The van der Waals surface area contributed by atoms with Gasteiger partial charge in [-0.25, -0.2) is 0 Å². The minimum Gasteiger partial charge on any atom is -0.495 e. The van der Waals surface area contributed by atoms with Crippen molar-refractivity contribution in [1.29, 1.82) is 0 Å². The summed E-state index contributed by atoms with van der Waals surface area (Å²) in [6.07, 6.45) is 0. The molecule has 0 fully saturated rings. The summed E-state index contributed by atoms with van der Waals surface area (Å²) in [6, 6.07) is 12.0. The van der Waals surface area contributed by atoms with E-state index in [1.807, 2.05) is 0 Å². The standard InChI is InChI=1S/C18H12ClN3O3S2/c1-25-13-5-3-2-4-11(13)20-17(24)14-15-21-16(23)10-8-9(19)6-7-12(10)22(15)18(26)27-14/h2-8H,1H3,(H,20,24)(H,21,23). The first-order chi connectivity index (χ1) is 13.0. The summed E-state index contributed by atoms with van der Waals surface area (Å²) in [7, 11) is 1.53. The van der Waals surface area contributed by atoms with Crippen LogP contribution in [-0.4, -0.2) is 22.4 Å². The number of carbonyl (C=O) groups is 1. The second-order valence-electron chi connectivity index (χ2n) is 5.65. The zero-order valence-electron chi connectivity index (χ0n) is 13.9. The Kier molecular flexibility index (Phi) is 4.47. The van der Waals surface area contributed by atoms with E-state index in [-0.39, 0.29) is 11.5 Å². The molecule has 0 aliphatic heterocycles. The van der Waals surface area contributed by atoms with E-state index < -0.39 is 0 Å². The fraction of sp³-hybridized carbons (Fsp3) is 0.0556. The Labute approximate surface area is 167 Å². The number of benzene rings is 2. The largest absolute Gasteiger partial charge is 0.495 e. The molecule has 2 heterocycles. The predicted molar refractivity (Wildman–Crippen MR) is 110 cm³/mol. The third-order valence-electron chi connectivity index (χ3n) is 4.05. The van der Waals surface area contributed by atoms with Gasteiger partial charge in [0.2, 0.25) is 0 Å². The summed E-state index contributed by atoms with van der Waals surface area (Å²) < 4.78 is 7.37. The maximum atomic E-state index is 12.9. The van der Waals surface area contributed by atoms with Crippen molar-refractivity contribution in [3.8, 4) is 5.75 Å². The van der Waals surface area contributed by atoms with Crippen LogP contribution in [0.2, 0.25) is 5.02 Å². The lowest BCUT2D eigenvalue weighted by molar-refractivity contribution is 0.103. The number of hydrogen-bond donors (Lipinski definition) is 2. The topological polar surface area (TPSA) is 75.6 Å². The average molecular weight is 418 g/mol. The smallest absolute Gasteiger partial charge is 0.269 e. The van der Waals surface area contributed by atoms with Gasteiger partial charge in [0, 0.05) is 5.02 Å². The number of fused-ring (bicyclic) bond motifs is 3. The molecule has 2 aromatic carbocycles. The zero-order chi connectivity index (χ0) is 19.1. The van der Waals surface area contributed by atoms with Crippen molar-refractivity contribution < 1.29 is 9.53 Å². The number of para-hydroxylation sites is 2. The fourth-order valence-electron chi connectivity index (χ4n) is 2.85. The van der Waals surface area contributed by atoms with Gasteiger partial charge in [0.15, 0.2) is 3.95 Å². The molecule has 0 atom stereocenters. The molecule has 2 aromatic heterocycles.